The molecule has 2 unspecified atom stereocenters. The van der Waals surface area contributed by atoms with Gasteiger partial charge in [-0.3, -0.25) is 4.57 Å². The third-order valence-corrected chi connectivity index (χ3v) is 5.95. The van der Waals surface area contributed by atoms with Crippen molar-refractivity contribution in [3.05, 3.63) is 0 Å². The van der Waals surface area contributed by atoms with Gasteiger partial charge in [0.1, 0.15) is 0 Å². The van der Waals surface area contributed by atoms with Crippen LogP contribution in [0.5, 0.6) is 0 Å². The molecular weight excluding hydrogens is 285 g/mol. The Labute approximate surface area is 120 Å². The molecule has 0 aliphatic carbocycles. The third-order valence-electron chi connectivity index (χ3n) is 2.06. The van der Waals surface area contributed by atoms with E-state index >= 15 is 0 Å². The van der Waals surface area contributed by atoms with Crippen LogP contribution in [0, 0.1) is 0 Å². The van der Waals surface area contributed by atoms with Crippen LogP contribution in [-0.4, -0.2) is 37.5 Å². The van der Waals surface area contributed by atoms with Crippen molar-refractivity contribution in [1.82, 2.24) is 0 Å². The molecule has 0 aliphatic heterocycles. The fourth-order valence-corrected chi connectivity index (χ4v) is 3.55. The minimum absolute atomic E-state index is 0. The first-order chi connectivity index (χ1) is 6.98. The molecule has 0 saturated carbocycles. The average Bonchev–Trinajstić information content (AvgIpc) is 2.08. The summed E-state index contributed by atoms with van der Waals surface area (Å²) in [5, 5.41) is 5.75. The summed E-state index contributed by atoms with van der Waals surface area (Å²) in [6.45, 7) is 0.0968. The van der Waals surface area contributed by atoms with Gasteiger partial charge in [-0.15, -0.1) is 0 Å². The predicted molar refractivity (Wildman–Crippen MR) is 53.1 cm³/mol. The second-order valence-electron chi connectivity index (χ2n) is 3.29. The molecule has 9 nitrogen and oxygen atoms in total. The SMILES string of the molecule is NCCC[C@H](N)C(O)(P(=O)([O-])O)P(=O)(O)O.[Na+]. The fraction of sp³-hybridized carbons (Fsp3) is 1.00. The molecular formula is C5H15N2NaO7P2. The number of rotatable bonds is 6. The summed E-state index contributed by atoms with van der Waals surface area (Å²) in [5.41, 5.74) is 10.3. The van der Waals surface area contributed by atoms with Crippen LogP contribution < -0.4 is 45.9 Å². The zero-order chi connectivity index (χ0) is 13.2. The monoisotopic (exact) mass is 300 g/mol. The van der Waals surface area contributed by atoms with Crippen LogP contribution in [0.2, 0.25) is 0 Å². The van der Waals surface area contributed by atoms with E-state index < -0.39 is 26.3 Å². The van der Waals surface area contributed by atoms with Gasteiger partial charge in [0.25, 0.3) is 0 Å². The van der Waals surface area contributed by atoms with Gasteiger partial charge in [0.05, 0.1) is 6.04 Å². The second-order valence-corrected chi connectivity index (χ2v) is 7.13. The van der Waals surface area contributed by atoms with Gasteiger partial charge in [0.15, 0.2) is 7.60 Å². The Morgan fingerprint density at radius 2 is 1.71 bits per heavy atom. The Morgan fingerprint density at radius 3 is 1.94 bits per heavy atom. The van der Waals surface area contributed by atoms with Crippen molar-refractivity contribution < 1.29 is 63.4 Å². The van der Waals surface area contributed by atoms with E-state index in [0.717, 1.165) is 0 Å². The quantitative estimate of drug-likeness (QED) is 0.205. The molecule has 0 saturated heterocycles. The maximum atomic E-state index is 10.9. The minimum atomic E-state index is -5.73. The van der Waals surface area contributed by atoms with Gasteiger partial charge in [-0.1, -0.05) is 0 Å². The Balaban J connectivity index is 0. The van der Waals surface area contributed by atoms with Gasteiger partial charge >= 0.3 is 37.2 Å². The molecule has 17 heavy (non-hydrogen) atoms. The summed E-state index contributed by atoms with van der Waals surface area (Å²) < 4.78 is 21.7. The molecule has 0 bridgehead atoms. The molecule has 3 atom stereocenters. The predicted octanol–water partition coefficient (Wildman–Crippen LogP) is -5.57. The standard InChI is InChI=1S/C5H16N2O7P2.Na/c6-3-1-2-4(7)5(8,15(9,10)11)16(12,13)14;/h4,8H,1-3,6-7H2,(H2,9,10,11)(H2,12,13,14);/q;+1/p-1/t4-;/m0./s1. The van der Waals surface area contributed by atoms with Gasteiger partial charge in [-0.05, 0) is 19.4 Å². The van der Waals surface area contributed by atoms with Crippen molar-refractivity contribution in [3.8, 4) is 0 Å². The fourth-order valence-electron chi connectivity index (χ4n) is 1.12. The largest absolute Gasteiger partial charge is 1.00 e. The van der Waals surface area contributed by atoms with Crippen molar-refractivity contribution in [2.75, 3.05) is 6.54 Å². The van der Waals surface area contributed by atoms with E-state index in [1.54, 1.807) is 0 Å². The van der Waals surface area contributed by atoms with Crippen LogP contribution in [0.3, 0.4) is 0 Å². The molecule has 0 rings (SSSR count). The van der Waals surface area contributed by atoms with E-state index in [1.165, 1.54) is 0 Å². The Kier molecular flexibility index (Phi) is 8.55. The molecule has 0 spiro atoms. The van der Waals surface area contributed by atoms with Crippen LogP contribution in [0.1, 0.15) is 12.8 Å². The van der Waals surface area contributed by atoms with Crippen molar-refractivity contribution in [2.45, 2.75) is 24.0 Å². The van der Waals surface area contributed by atoms with Crippen LogP contribution in [-0.2, 0) is 9.13 Å². The van der Waals surface area contributed by atoms with E-state index in [2.05, 4.69) is 0 Å². The summed E-state index contributed by atoms with van der Waals surface area (Å²) in [5.74, 6) is 0. The molecule has 0 aliphatic rings. The van der Waals surface area contributed by atoms with Crippen LogP contribution in [0.15, 0.2) is 0 Å². The first-order valence-electron chi connectivity index (χ1n) is 4.26. The molecule has 0 heterocycles. The van der Waals surface area contributed by atoms with E-state index in [4.69, 9.17) is 26.1 Å². The molecule has 98 valence electrons. The first kappa shape index (κ1) is 20.5. The molecule has 0 fully saturated rings. The van der Waals surface area contributed by atoms with E-state index in [1.807, 2.05) is 0 Å². The molecule has 0 aromatic carbocycles. The Hall–Kier alpha value is 1.18. The minimum Gasteiger partial charge on any atom is -0.776 e. The van der Waals surface area contributed by atoms with E-state index in [0.29, 0.717) is 0 Å². The molecule has 8 N–H and O–H groups in total. The van der Waals surface area contributed by atoms with Crippen molar-refractivity contribution in [1.29, 1.82) is 0 Å². The summed E-state index contributed by atoms with van der Waals surface area (Å²) in [6.07, 6.45) is -0.117. The molecule has 0 aromatic heterocycles. The number of hydrogen-bond acceptors (Lipinski definition) is 6. The maximum Gasteiger partial charge on any atom is 1.00 e. The topological polar surface area (TPSA) is 190 Å². The summed E-state index contributed by atoms with van der Waals surface area (Å²) >= 11 is 0. The molecule has 0 amide bonds. The number of nitrogens with two attached hydrogens (primary N) is 2. The first-order valence-corrected chi connectivity index (χ1v) is 7.45. The van der Waals surface area contributed by atoms with Gasteiger partial charge < -0.3 is 40.7 Å². The average molecular weight is 300 g/mol. The van der Waals surface area contributed by atoms with Crippen molar-refractivity contribution in [3.63, 3.8) is 0 Å². The van der Waals surface area contributed by atoms with Crippen molar-refractivity contribution >= 4 is 15.2 Å². The maximum absolute atomic E-state index is 10.9. The van der Waals surface area contributed by atoms with E-state index in [9.17, 15) is 19.1 Å². The van der Waals surface area contributed by atoms with Crippen LogP contribution in [0.4, 0.5) is 0 Å². The second kappa shape index (κ2) is 7.09. The van der Waals surface area contributed by atoms with Gasteiger partial charge in [0.2, 0.25) is 5.08 Å². The number of hydrogen-bond donors (Lipinski definition) is 6. The molecule has 0 radical (unpaired) electrons. The summed E-state index contributed by atoms with van der Waals surface area (Å²) in [6, 6.07) is -1.83. The third kappa shape index (κ3) is 4.65. The van der Waals surface area contributed by atoms with Crippen LogP contribution >= 0.6 is 15.2 Å². The van der Waals surface area contributed by atoms with E-state index in [-0.39, 0.29) is 48.9 Å². The zero-order valence-electron chi connectivity index (χ0n) is 9.26. The molecule has 0 aromatic rings. The number of aliphatic hydroxyl groups is 1. The summed E-state index contributed by atoms with van der Waals surface area (Å²) in [4.78, 5) is 37.0. The van der Waals surface area contributed by atoms with Gasteiger partial charge in [0, 0.05) is 0 Å². The molecule has 12 heteroatoms. The normalized spacial score (nSPS) is 20.9. The Morgan fingerprint density at radius 1 is 1.29 bits per heavy atom. The smallest absolute Gasteiger partial charge is 0.776 e. The summed E-state index contributed by atoms with van der Waals surface area (Å²) in [7, 11) is -11.3. The van der Waals surface area contributed by atoms with Gasteiger partial charge in [-0.25, -0.2) is 0 Å². The van der Waals surface area contributed by atoms with Crippen molar-refractivity contribution in [2.24, 2.45) is 11.5 Å². The zero-order valence-corrected chi connectivity index (χ0v) is 13.1. The van der Waals surface area contributed by atoms with Crippen LogP contribution in [0.25, 0.3) is 0 Å². The van der Waals surface area contributed by atoms with Gasteiger partial charge in [-0.2, -0.15) is 0 Å². The Bertz CT molecular complexity index is 306.